The first-order valence-corrected chi connectivity index (χ1v) is 5.30. The maximum Gasteiger partial charge on any atom is 0.310 e. The molecule has 0 saturated carbocycles. The van der Waals surface area contributed by atoms with Gasteiger partial charge in [-0.05, 0) is 0 Å². The molecule has 3 N–H and O–H groups in total. The van der Waals surface area contributed by atoms with Gasteiger partial charge in [-0.25, -0.2) is 0 Å². The molecule has 0 aliphatic rings. The molecule has 0 rings (SSSR count). The van der Waals surface area contributed by atoms with Crippen LogP contribution in [0.25, 0.3) is 0 Å². The van der Waals surface area contributed by atoms with Gasteiger partial charge in [-0.3, -0.25) is 14.4 Å². The topological polar surface area (TPSA) is 120 Å². The second kappa shape index (κ2) is 10.0. The Morgan fingerprint density at radius 3 is 2.39 bits per heavy atom. The van der Waals surface area contributed by atoms with Crippen LogP contribution in [-0.2, 0) is 19.1 Å². The second-order valence-corrected chi connectivity index (χ2v) is 3.19. The fraction of sp³-hybridized carbons (Fsp3) is 0.600. The first-order valence-electron chi connectivity index (χ1n) is 5.30. The van der Waals surface area contributed by atoms with Gasteiger partial charge in [-0.15, -0.1) is 0 Å². The number of methoxy groups -OCH3 is 1. The number of rotatable bonds is 7. The zero-order chi connectivity index (χ0) is 13.8. The van der Waals surface area contributed by atoms with E-state index in [1.54, 1.807) is 6.07 Å². The highest BCUT2D eigenvalue weighted by molar-refractivity contribution is 6.35. The Morgan fingerprint density at radius 1 is 1.11 bits per heavy atom. The molecule has 0 heterocycles. The summed E-state index contributed by atoms with van der Waals surface area (Å²) in [6.45, 7) is 0.627. The number of ether oxygens (including phenoxy) is 1. The Labute approximate surface area is 105 Å². The van der Waals surface area contributed by atoms with Gasteiger partial charge in [-0.1, -0.05) is 0 Å². The third-order valence-electron chi connectivity index (χ3n) is 1.80. The molecular weight excluding hydrogens is 240 g/mol. The van der Waals surface area contributed by atoms with E-state index in [2.05, 4.69) is 16.0 Å². The van der Waals surface area contributed by atoms with Crippen molar-refractivity contribution in [1.82, 2.24) is 16.0 Å². The summed E-state index contributed by atoms with van der Waals surface area (Å²) in [5.74, 6) is -2.00. The zero-order valence-corrected chi connectivity index (χ0v) is 10.1. The molecule has 0 saturated heterocycles. The number of nitriles is 1. The van der Waals surface area contributed by atoms with Crippen LogP contribution in [0.5, 0.6) is 0 Å². The average Bonchev–Trinajstić information content (AvgIpc) is 2.36. The van der Waals surface area contributed by atoms with Crippen LogP contribution in [0.3, 0.4) is 0 Å². The van der Waals surface area contributed by atoms with Crippen molar-refractivity contribution in [1.29, 1.82) is 5.26 Å². The highest BCUT2D eigenvalue weighted by atomic mass is 16.5. The molecule has 0 unspecified atom stereocenters. The molecule has 0 aromatic heterocycles. The Kier molecular flexibility index (Phi) is 8.85. The number of carbonyl (C=O) groups is 3. The highest BCUT2D eigenvalue weighted by Gasteiger charge is 2.12. The third kappa shape index (κ3) is 8.06. The van der Waals surface area contributed by atoms with Crippen LogP contribution < -0.4 is 16.0 Å². The molecule has 3 amide bonds. The van der Waals surface area contributed by atoms with Crippen LogP contribution in [-0.4, -0.2) is 51.1 Å². The van der Waals surface area contributed by atoms with Gasteiger partial charge in [0.1, 0.15) is 6.54 Å². The van der Waals surface area contributed by atoms with E-state index < -0.39 is 11.8 Å². The molecule has 0 aliphatic heterocycles. The fourth-order valence-electron chi connectivity index (χ4n) is 0.951. The summed E-state index contributed by atoms with van der Waals surface area (Å²) in [6, 6.07) is 1.67. The van der Waals surface area contributed by atoms with Gasteiger partial charge in [-0.2, -0.15) is 5.26 Å². The minimum Gasteiger partial charge on any atom is -0.383 e. The summed E-state index contributed by atoms with van der Waals surface area (Å²) in [6.07, 6.45) is 0.0704. The quantitative estimate of drug-likeness (QED) is 0.273. The van der Waals surface area contributed by atoms with Crippen molar-refractivity contribution < 1.29 is 19.1 Å². The summed E-state index contributed by atoms with van der Waals surface area (Å²) >= 11 is 0. The van der Waals surface area contributed by atoms with E-state index in [1.165, 1.54) is 7.11 Å². The lowest BCUT2D eigenvalue weighted by Gasteiger charge is -2.05. The monoisotopic (exact) mass is 256 g/mol. The van der Waals surface area contributed by atoms with Gasteiger partial charge in [0.05, 0.1) is 12.7 Å². The minimum atomic E-state index is -0.892. The third-order valence-corrected chi connectivity index (χ3v) is 1.80. The maximum absolute atomic E-state index is 11.2. The largest absolute Gasteiger partial charge is 0.383 e. The predicted molar refractivity (Wildman–Crippen MR) is 61.1 cm³/mol. The van der Waals surface area contributed by atoms with Crippen molar-refractivity contribution in [3.05, 3.63) is 0 Å². The number of nitrogens with zero attached hydrogens (tertiary/aromatic N) is 1. The Hall–Kier alpha value is -2.14. The van der Waals surface area contributed by atoms with E-state index in [0.717, 1.165) is 0 Å². The van der Waals surface area contributed by atoms with Crippen molar-refractivity contribution in [2.75, 3.05) is 33.4 Å². The average molecular weight is 256 g/mol. The minimum absolute atomic E-state index is 0.0532. The van der Waals surface area contributed by atoms with E-state index >= 15 is 0 Å². The molecule has 8 nitrogen and oxygen atoms in total. The van der Waals surface area contributed by atoms with Gasteiger partial charge < -0.3 is 20.7 Å². The van der Waals surface area contributed by atoms with Gasteiger partial charge >= 0.3 is 11.8 Å². The predicted octanol–water partition coefficient (Wildman–Crippen LogP) is -2.10. The SMILES string of the molecule is COCCNC(=O)CCNC(=O)C(=O)NCC#N. The van der Waals surface area contributed by atoms with Crippen LogP contribution in [0, 0.1) is 11.3 Å². The molecule has 0 radical (unpaired) electrons. The van der Waals surface area contributed by atoms with E-state index in [9.17, 15) is 14.4 Å². The summed E-state index contributed by atoms with van der Waals surface area (Å²) < 4.78 is 4.74. The normalized spacial score (nSPS) is 9.11. The molecule has 0 aliphatic carbocycles. The lowest BCUT2D eigenvalue weighted by Crippen LogP contribution is -2.41. The molecule has 100 valence electrons. The van der Waals surface area contributed by atoms with Crippen molar-refractivity contribution in [2.45, 2.75) is 6.42 Å². The molecule has 0 aromatic carbocycles. The van der Waals surface area contributed by atoms with Crippen LogP contribution in [0.1, 0.15) is 6.42 Å². The van der Waals surface area contributed by atoms with Crippen LogP contribution in [0.2, 0.25) is 0 Å². The standard InChI is InChI=1S/C10H16N4O4/c1-18-7-6-12-8(15)2-4-13-9(16)10(17)14-5-3-11/h2,4-7H2,1H3,(H,12,15)(H,13,16)(H,14,17). The Morgan fingerprint density at radius 2 is 1.78 bits per heavy atom. The second-order valence-electron chi connectivity index (χ2n) is 3.19. The lowest BCUT2D eigenvalue weighted by atomic mass is 10.4. The molecule has 0 spiro atoms. The van der Waals surface area contributed by atoms with E-state index in [-0.39, 0.29) is 25.4 Å². The molecule has 0 aromatic rings. The van der Waals surface area contributed by atoms with Gasteiger partial charge in [0.15, 0.2) is 0 Å². The highest BCUT2D eigenvalue weighted by Crippen LogP contribution is 1.78. The molecular formula is C10H16N4O4. The summed E-state index contributed by atoms with van der Waals surface area (Å²) in [4.78, 5) is 33.3. The van der Waals surface area contributed by atoms with Crippen LogP contribution >= 0.6 is 0 Å². The van der Waals surface area contributed by atoms with Crippen molar-refractivity contribution in [2.24, 2.45) is 0 Å². The van der Waals surface area contributed by atoms with Crippen LogP contribution in [0.15, 0.2) is 0 Å². The number of carbonyl (C=O) groups excluding carboxylic acids is 3. The first-order chi connectivity index (χ1) is 8.61. The van der Waals surface area contributed by atoms with Crippen molar-refractivity contribution in [3.8, 4) is 6.07 Å². The van der Waals surface area contributed by atoms with Crippen LogP contribution in [0.4, 0.5) is 0 Å². The maximum atomic E-state index is 11.2. The molecule has 0 fully saturated rings. The summed E-state index contributed by atoms with van der Waals surface area (Å²) in [5, 5.41) is 15.1. The number of amides is 3. The van der Waals surface area contributed by atoms with E-state index in [4.69, 9.17) is 10.00 Å². The van der Waals surface area contributed by atoms with E-state index in [1.807, 2.05) is 0 Å². The molecule has 8 heteroatoms. The molecule has 18 heavy (non-hydrogen) atoms. The van der Waals surface area contributed by atoms with E-state index in [0.29, 0.717) is 13.2 Å². The van der Waals surface area contributed by atoms with Gasteiger partial charge in [0, 0.05) is 26.6 Å². The molecule has 0 atom stereocenters. The summed E-state index contributed by atoms with van der Waals surface area (Å²) in [5.41, 5.74) is 0. The van der Waals surface area contributed by atoms with Crippen molar-refractivity contribution in [3.63, 3.8) is 0 Å². The van der Waals surface area contributed by atoms with Gasteiger partial charge in [0.2, 0.25) is 5.91 Å². The molecule has 0 bridgehead atoms. The fourth-order valence-corrected chi connectivity index (χ4v) is 0.951. The first kappa shape index (κ1) is 15.9. The summed E-state index contributed by atoms with van der Waals surface area (Å²) in [7, 11) is 1.52. The zero-order valence-electron chi connectivity index (χ0n) is 10.1. The Bertz CT molecular complexity index is 337. The number of nitrogens with one attached hydrogen (secondary N) is 3. The number of hydrogen-bond donors (Lipinski definition) is 3. The van der Waals surface area contributed by atoms with Gasteiger partial charge in [0.25, 0.3) is 0 Å². The number of hydrogen-bond acceptors (Lipinski definition) is 5. The smallest absolute Gasteiger partial charge is 0.310 e. The van der Waals surface area contributed by atoms with Crippen molar-refractivity contribution >= 4 is 17.7 Å². The Balaban J connectivity index is 3.64. The lowest BCUT2D eigenvalue weighted by molar-refractivity contribution is -0.139.